The lowest BCUT2D eigenvalue weighted by molar-refractivity contribution is -0.150. The van der Waals surface area contributed by atoms with E-state index in [-0.39, 0.29) is 17.9 Å². The fourth-order valence-corrected chi connectivity index (χ4v) is 2.62. The molecule has 1 fully saturated rings. The van der Waals surface area contributed by atoms with E-state index in [0.717, 1.165) is 11.1 Å². The summed E-state index contributed by atoms with van der Waals surface area (Å²) in [5.74, 6) is -0.356. The lowest BCUT2D eigenvalue weighted by Crippen LogP contribution is -2.41. The summed E-state index contributed by atoms with van der Waals surface area (Å²) in [6.07, 6.45) is 4.38. The van der Waals surface area contributed by atoms with Crippen molar-refractivity contribution in [1.82, 2.24) is 9.88 Å². The molecule has 2 atom stereocenters. The monoisotopic (exact) mass is 262 g/mol. The summed E-state index contributed by atoms with van der Waals surface area (Å²) < 4.78 is 4.78. The Bertz CT molecular complexity index is 501. The van der Waals surface area contributed by atoms with Crippen molar-refractivity contribution in [3.63, 3.8) is 0 Å². The SMILES string of the molecule is COC(=O)C1CCC(=O)N1C(C)c1cnccc1C. The number of hydrogen-bond acceptors (Lipinski definition) is 4. The maximum absolute atomic E-state index is 12.0. The van der Waals surface area contributed by atoms with E-state index in [4.69, 9.17) is 4.74 Å². The average Bonchev–Trinajstić information content (AvgIpc) is 2.79. The number of aryl methyl sites for hydroxylation is 1. The van der Waals surface area contributed by atoms with Gasteiger partial charge in [0.2, 0.25) is 5.91 Å². The zero-order valence-electron chi connectivity index (χ0n) is 11.4. The van der Waals surface area contributed by atoms with Crippen molar-refractivity contribution in [1.29, 1.82) is 0 Å². The van der Waals surface area contributed by atoms with Gasteiger partial charge in [0.1, 0.15) is 6.04 Å². The molecule has 0 N–H and O–H groups in total. The highest BCUT2D eigenvalue weighted by atomic mass is 16.5. The van der Waals surface area contributed by atoms with Crippen molar-refractivity contribution in [2.45, 2.75) is 38.8 Å². The number of pyridine rings is 1. The van der Waals surface area contributed by atoms with Crippen molar-refractivity contribution in [3.8, 4) is 0 Å². The molecule has 1 aliphatic heterocycles. The van der Waals surface area contributed by atoms with Gasteiger partial charge in [-0.15, -0.1) is 0 Å². The van der Waals surface area contributed by atoms with Crippen LogP contribution >= 0.6 is 0 Å². The number of amides is 1. The molecule has 0 radical (unpaired) electrons. The minimum Gasteiger partial charge on any atom is -0.467 e. The van der Waals surface area contributed by atoms with E-state index in [1.54, 1.807) is 17.3 Å². The number of esters is 1. The molecule has 2 heterocycles. The molecule has 1 aliphatic rings. The number of hydrogen-bond donors (Lipinski definition) is 0. The van der Waals surface area contributed by atoms with Gasteiger partial charge in [0.15, 0.2) is 0 Å². The van der Waals surface area contributed by atoms with E-state index in [1.165, 1.54) is 7.11 Å². The first-order chi connectivity index (χ1) is 9.06. The van der Waals surface area contributed by atoms with Gasteiger partial charge in [-0.2, -0.15) is 0 Å². The first-order valence-electron chi connectivity index (χ1n) is 6.35. The fourth-order valence-electron chi connectivity index (χ4n) is 2.62. The summed E-state index contributed by atoms with van der Waals surface area (Å²) in [5.41, 5.74) is 2.03. The maximum atomic E-state index is 12.0. The second kappa shape index (κ2) is 5.38. The minimum absolute atomic E-state index is 0.00819. The normalized spacial score (nSPS) is 20.5. The number of rotatable bonds is 3. The highest BCUT2D eigenvalue weighted by Crippen LogP contribution is 2.31. The van der Waals surface area contributed by atoms with E-state index in [0.29, 0.717) is 12.8 Å². The van der Waals surface area contributed by atoms with E-state index in [1.807, 2.05) is 19.9 Å². The van der Waals surface area contributed by atoms with Gasteiger partial charge in [-0.3, -0.25) is 9.78 Å². The van der Waals surface area contributed by atoms with E-state index >= 15 is 0 Å². The van der Waals surface area contributed by atoms with Gasteiger partial charge in [-0.05, 0) is 37.5 Å². The van der Waals surface area contributed by atoms with Crippen molar-refractivity contribution >= 4 is 11.9 Å². The number of ether oxygens (including phenoxy) is 1. The van der Waals surface area contributed by atoms with Gasteiger partial charge < -0.3 is 9.64 Å². The molecule has 2 unspecified atom stereocenters. The average molecular weight is 262 g/mol. The van der Waals surface area contributed by atoms with Crippen LogP contribution in [0.15, 0.2) is 18.5 Å². The standard InChI is InChI=1S/C14H18N2O3/c1-9-6-7-15-8-11(9)10(2)16-12(14(18)19-3)4-5-13(16)17/h6-8,10,12H,4-5H2,1-3H3. The minimum atomic E-state index is -0.480. The van der Waals surface area contributed by atoms with Gasteiger partial charge >= 0.3 is 5.97 Å². The third-order valence-corrected chi connectivity index (χ3v) is 3.68. The molecule has 1 saturated heterocycles. The Kier molecular flexibility index (Phi) is 3.83. The Morgan fingerprint density at radius 2 is 2.32 bits per heavy atom. The summed E-state index contributed by atoms with van der Waals surface area (Å²) in [5, 5.41) is 0. The van der Waals surface area contributed by atoms with Crippen LogP contribution in [0.4, 0.5) is 0 Å². The third kappa shape index (κ3) is 2.45. The summed E-state index contributed by atoms with van der Waals surface area (Å²) in [4.78, 5) is 29.5. The van der Waals surface area contributed by atoms with Crippen LogP contribution in [0.5, 0.6) is 0 Å². The highest BCUT2D eigenvalue weighted by molar-refractivity contribution is 5.88. The largest absolute Gasteiger partial charge is 0.467 e. The number of carbonyl (C=O) groups excluding carboxylic acids is 2. The quantitative estimate of drug-likeness (QED) is 0.777. The molecular formula is C14H18N2O3. The number of methoxy groups -OCH3 is 1. The maximum Gasteiger partial charge on any atom is 0.328 e. The highest BCUT2D eigenvalue weighted by Gasteiger charge is 2.40. The Morgan fingerprint density at radius 3 is 2.95 bits per heavy atom. The van der Waals surface area contributed by atoms with Gasteiger partial charge in [0.05, 0.1) is 13.2 Å². The zero-order chi connectivity index (χ0) is 14.0. The van der Waals surface area contributed by atoms with Crippen molar-refractivity contribution in [2.24, 2.45) is 0 Å². The van der Waals surface area contributed by atoms with Gasteiger partial charge in [-0.1, -0.05) is 0 Å². The van der Waals surface area contributed by atoms with E-state index < -0.39 is 6.04 Å². The number of aromatic nitrogens is 1. The van der Waals surface area contributed by atoms with Gasteiger partial charge in [0.25, 0.3) is 0 Å². The molecule has 0 spiro atoms. The molecule has 5 heteroatoms. The Balaban J connectivity index is 2.30. The number of nitrogens with zero attached hydrogens (tertiary/aromatic N) is 2. The van der Waals surface area contributed by atoms with Gasteiger partial charge in [0, 0.05) is 18.8 Å². The second-order valence-electron chi connectivity index (χ2n) is 4.79. The predicted octanol–water partition coefficient (Wildman–Crippen LogP) is 1.62. The molecule has 2 rings (SSSR count). The van der Waals surface area contributed by atoms with Crippen molar-refractivity contribution in [3.05, 3.63) is 29.6 Å². The molecule has 5 nitrogen and oxygen atoms in total. The molecule has 0 bridgehead atoms. The fraction of sp³-hybridized carbons (Fsp3) is 0.500. The van der Waals surface area contributed by atoms with Crippen molar-refractivity contribution in [2.75, 3.05) is 7.11 Å². The first kappa shape index (κ1) is 13.5. The number of carbonyl (C=O) groups is 2. The summed E-state index contributed by atoms with van der Waals surface area (Å²) in [6.45, 7) is 3.89. The van der Waals surface area contributed by atoms with Crippen LogP contribution in [0.25, 0.3) is 0 Å². The Hall–Kier alpha value is -1.91. The van der Waals surface area contributed by atoms with Crippen LogP contribution in [0.3, 0.4) is 0 Å². The molecular weight excluding hydrogens is 244 g/mol. The van der Waals surface area contributed by atoms with E-state index in [9.17, 15) is 9.59 Å². The zero-order valence-corrected chi connectivity index (χ0v) is 11.4. The lowest BCUT2D eigenvalue weighted by atomic mass is 10.0. The van der Waals surface area contributed by atoms with Crippen LogP contribution in [-0.4, -0.2) is 34.9 Å². The summed E-state index contributed by atoms with van der Waals surface area (Å²) in [6, 6.07) is 1.25. The summed E-state index contributed by atoms with van der Waals surface area (Å²) >= 11 is 0. The topological polar surface area (TPSA) is 59.5 Å². The third-order valence-electron chi connectivity index (χ3n) is 3.68. The molecule has 1 amide bonds. The van der Waals surface area contributed by atoms with Crippen LogP contribution in [0, 0.1) is 6.92 Å². The molecule has 0 aromatic carbocycles. The van der Waals surface area contributed by atoms with Crippen LogP contribution < -0.4 is 0 Å². The molecule has 0 aliphatic carbocycles. The molecule has 19 heavy (non-hydrogen) atoms. The van der Waals surface area contributed by atoms with Gasteiger partial charge in [-0.25, -0.2) is 4.79 Å². The van der Waals surface area contributed by atoms with E-state index in [2.05, 4.69) is 4.98 Å². The lowest BCUT2D eigenvalue weighted by Gasteiger charge is -2.30. The Morgan fingerprint density at radius 1 is 1.58 bits per heavy atom. The van der Waals surface area contributed by atoms with Crippen LogP contribution in [0.1, 0.15) is 36.9 Å². The molecule has 0 saturated carbocycles. The number of likely N-dealkylation sites (tertiary alicyclic amines) is 1. The van der Waals surface area contributed by atoms with Crippen LogP contribution in [0.2, 0.25) is 0 Å². The second-order valence-corrected chi connectivity index (χ2v) is 4.79. The Labute approximate surface area is 112 Å². The molecule has 1 aromatic rings. The smallest absolute Gasteiger partial charge is 0.328 e. The predicted molar refractivity (Wildman–Crippen MR) is 69.3 cm³/mol. The van der Waals surface area contributed by atoms with Crippen molar-refractivity contribution < 1.29 is 14.3 Å². The molecule has 102 valence electrons. The first-order valence-corrected chi connectivity index (χ1v) is 6.35. The summed E-state index contributed by atoms with van der Waals surface area (Å²) in [7, 11) is 1.35. The molecule has 1 aromatic heterocycles. The van der Waals surface area contributed by atoms with Crippen LogP contribution in [-0.2, 0) is 14.3 Å².